The van der Waals surface area contributed by atoms with E-state index in [1.165, 1.54) is 5.56 Å². The van der Waals surface area contributed by atoms with E-state index >= 15 is 0 Å². The average molecular weight is 243 g/mol. The molecule has 1 unspecified atom stereocenters. The Morgan fingerprint density at radius 1 is 1.33 bits per heavy atom. The number of anilines is 1. The molecule has 1 aliphatic heterocycles. The molecule has 0 amide bonds. The SMILES string of the molecule is NCCc1nc2n(n1)C(c1ccccc1)CCN2. The van der Waals surface area contributed by atoms with Gasteiger partial charge in [0.15, 0.2) is 5.82 Å². The Labute approximate surface area is 106 Å². The van der Waals surface area contributed by atoms with Crippen LogP contribution in [0.5, 0.6) is 0 Å². The van der Waals surface area contributed by atoms with Gasteiger partial charge in [-0.15, -0.1) is 0 Å². The van der Waals surface area contributed by atoms with Crippen molar-refractivity contribution in [1.29, 1.82) is 0 Å². The molecule has 1 aromatic heterocycles. The van der Waals surface area contributed by atoms with Gasteiger partial charge in [-0.05, 0) is 18.5 Å². The zero-order valence-electron chi connectivity index (χ0n) is 10.2. The zero-order valence-corrected chi connectivity index (χ0v) is 10.2. The summed E-state index contributed by atoms with van der Waals surface area (Å²) in [6.45, 7) is 1.51. The van der Waals surface area contributed by atoms with Crippen LogP contribution in [-0.2, 0) is 6.42 Å². The van der Waals surface area contributed by atoms with Crippen molar-refractivity contribution < 1.29 is 0 Å². The number of nitrogens with zero attached hydrogens (tertiary/aromatic N) is 3. The molecule has 3 rings (SSSR count). The molecule has 0 fully saturated rings. The molecule has 5 nitrogen and oxygen atoms in total. The molecule has 1 aliphatic rings. The van der Waals surface area contributed by atoms with Crippen LogP contribution in [-0.4, -0.2) is 27.9 Å². The molecule has 0 radical (unpaired) electrons. The Balaban J connectivity index is 1.96. The largest absolute Gasteiger partial charge is 0.354 e. The number of aromatic nitrogens is 3. The number of fused-ring (bicyclic) bond motifs is 1. The van der Waals surface area contributed by atoms with E-state index in [0.29, 0.717) is 6.54 Å². The molecule has 0 saturated carbocycles. The number of nitrogens with two attached hydrogens (primary N) is 1. The monoisotopic (exact) mass is 243 g/mol. The van der Waals surface area contributed by atoms with Crippen molar-refractivity contribution in [3.8, 4) is 0 Å². The number of hydrogen-bond donors (Lipinski definition) is 2. The third kappa shape index (κ3) is 1.97. The number of hydrogen-bond acceptors (Lipinski definition) is 4. The standard InChI is InChI=1S/C13H17N5/c14-8-6-12-16-13-15-9-7-11(18(13)17-12)10-4-2-1-3-5-10/h1-5,11H,6-9,14H2,(H,15,16,17). The Kier molecular flexibility index (Phi) is 2.98. The van der Waals surface area contributed by atoms with E-state index in [4.69, 9.17) is 5.73 Å². The third-order valence-electron chi connectivity index (χ3n) is 3.22. The highest BCUT2D eigenvalue weighted by atomic mass is 15.4. The van der Waals surface area contributed by atoms with E-state index in [0.717, 1.165) is 31.2 Å². The zero-order chi connectivity index (χ0) is 12.4. The number of rotatable bonds is 3. The van der Waals surface area contributed by atoms with E-state index in [2.05, 4.69) is 39.7 Å². The molecule has 1 aromatic carbocycles. The van der Waals surface area contributed by atoms with Crippen LogP contribution in [0.3, 0.4) is 0 Å². The summed E-state index contributed by atoms with van der Waals surface area (Å²) in [6, 6.07) is 10.7. The molecule has 0 saturated heterocycles. The van der Waals surface area contributed by atoms with Crippen molar-refractivity contribution in [3.63, 3.8) is 0 Å². The predicted molar refractivity (Wildman–Crippen MR) is 70.5 cm³/mol. The highest BCUT2D eigenvalue weighted by molar-refractivity contribution is 5.32. The predicted octanol–water partition coefficient (Wildman–Crippen LogP) is 1.18. The molecule has 0 aliphatic carbocycles. The van der Waals surface area contributed by atoms with E-state index < -0.39 is 0 Å². The lowest BCUT2D eigenvalue weighted by molar-refractivity contribution is 0.477. The lowest BCUT2D eigenvalue weighted by Crippen LogP contribution is -2.24. The lowest BCUT2D eigenvalue weighted by atomic mass is 10.0. The van der Waals surface area contributed by atoms with Gasteiger partial charge in [-0.2, -0.15) is 10.1 Å². The smallest absolute Gasteiger partial charge is 0.221 e. The summed E-state index contributed by atoms with van der Waals surface area (Å²) in [5, 5.41) is 7.85. The first kappa shape index (κ1) is 11.2. The Morgan fingerprint density at radius 3 is 2.94 bits per heavy atom. The van der Waals surface area contributed by atoms with Gasteiger partial charge >= 0.3 is 0 Å². The van der Waals surface area contributed by atoms with Crippen LogP contribution in [0.25, 0.3) is 0 Å². The number of nitrogens with one attached hydrogen (secondary N) is 1. The van der Waals surface area contributed by atoms with Crippen LogP contribution in [0.4, 0.5) is 5.95 Å². The summed E-state index contributed by atoms with van der Waals surface area (Å²) in [6.07, 6.45) is 1.76. The Hall–Kier alpha value is -1.88. The molecular formula is C13H17N5. The van der Waals surface area contributed by atoms with Gasteiger partial charge < -0.3 is 11.1 Å². The quantitative estimate of drug-likeness (QED) is 0.849. The summed E-state index contributed by atoms with van der Waals surface area (Å²) in [7, 11) is 0. The van der Waals surface area contributed by atoms with E-state index in [9.17, 15) is 0 Å². The van der Waals surface area contributed by atoms with Gasteiger partial charge in [-0.3, -0.25) is 0 Å². The van der Waals surface area contributed by atoms with E-state index in [-0.39, 0.29) is 6.04 Å². The summed E-state index contributed by atoms with van der Waals surface area (Å²) in [4.78, 5) is 4.48. The van der Waals surface area contributed by atoms with Crippen molar-refractivity contribution in [3.05, 3.63) is 41.7 Å². The highest BCUT2D eigenvalue weighted by Crippen LogP contribution is 2.27. The van der Waals surface area contributed by atoms with Crippen molar-refractivity contribution >= 4 is 5.95 Å². The minimum absolute atomic E-state index is 0.279. The second kappa shape index (κ2) is 4.78. The summed E-state index contributed by atoms with van der Waals surface area (Å²) >= 11 is 0. The molecule has 2 aromatic rings. The Morgan fingerprint density at radius 2 is 2.17 bits per heavy atom. The van der Waals surface area contributed by atoms with Gasteiger partial charge in [-0.25, -0.2) is 4.68 Å². The normalized spacial score (nSPS) is 18.2. The summed E-state index contributed by atoms with van der Waals surface area (Å²) in [5.41, 5.74) is 6.84. The molecule has 2 heterocycles. The molecule has 3 N–H and O–H groups in total. The fraction of sp³-hybridized carbons (Fsp3) is 0.385. The molecule has 18 heavy (non-hydrogen) atoms. The van der Waals surface area contributed by atoms with Gasteiger partial charge in [0.1, 0.15) is 0 Å². The molecule has 5 heteroatoms. The van der Waals surface area contributed by atoms with E-state index in [1.54, 1.807) is 0 Å². The van der Waals surface area contributed by atoms with Crippen molar-refractivity contribution in [2.24, 2.45) is 5.73 Å². The van der Waals surface area contributed by atoms with Crippen molar-refractivity contribution in [2.45, 2.75) is 18.9 Å². The third-order valence-corrected chi connectivity index (χ3v) is 3.22. The van der Waals surface area contributed by atoms with Crippen LogP contribution < -0.4 is 11.1 Å². The van der Waals surface area contributed by atoms with Crippen molar-refractivity contribution in [2.75, 3.05) is 18.4 Å². The molecular weight excluding hydrogens is 226 g/mol. The fourth-order valence-electron chi connectivity index (χ4n) is 2.37. The first-order chi connectivity index (χ1) is 8.88. The minimum Gasteiger partial charge on any atom is -0.354 e. The first-order valence-corrected chi connectivity index (χ1v) is 6.33. The van der Waals surface area contributed by atoms with Gasteiger partial charge in [0.25, 0.3) is 0 Å². The molecule has 1 atom stereocenters. The maximum absolute atomic E-state index is 5.55. The average Bonchev–Trinajstić information content (AvgIpc) is 2.82. The van der Waals surface area contributed by atoms with Crippen LogP contribution >= 0.6 is 0 Å². The highest BCUT2D eigenvalue weighted by Gasteiger charge is 2.23. The van der Waals surface area contributed by atoms with Crippen LogP contribution in [0.15, 0.2) is 30.3 Å². The van der Waals surface area contributed by atoms with Gasteiger partial charge in [-0.1, -0.05) is 30.3 Å². The maximum atomic E-state index is 5.55. The van der Waals surface area contributed by atoms with Crippen LogP contribution in [0, 0.1) is 0 Å². The molecule has 94 valence electrons. The second-order valence-electron chi connectivity index (χ2n) is 4.48. The molecule has 0 spiro atoms. The van der Waals surface area contributed by atoms with E-state index in [1.807, 2.05) is 10.7 Å². The lowest BCUT2D eigenvalue weighted by Gasteiger charge is -2.24. The van der Waals surface area contributed by atoms with Gasteiger partial charge in [0.05, 0.1) is 6.04 Å². The molecule has 0 bridgehead atoms. The van der Waals surface area contributed by atoms with Crippen LogP contribution in [0.1, 0.15) is 23.9 Å². The van der Waals surface area contributed by atoms with Gasteiger partial charge in [0.2, 0.25) is 5.95 Å². The number of benzene rings is 1. The minimum atomic E-state index is 0.279. The maximum Gasteiger partial charge on any atom is 0.221 e. The fourth-order valence-corrected chi connectivity index (χ4v) is 2.37. The topological polar surface area (TPSA) is 68.8 Å². The van der Waals surface area contributed by atoms with Gasteiger partial charge in [0, 0.05) is 13.0 Å². The first-order valence-electron chi connectivity index (χ1n) is 6.33. The Bertz CT molecular complexity index is 519. The summed E-state index contributed by atoms with van der Waals surface area (Å²) in [5.74, 6) is 1.68. The second-order valence-corrected chi connectivity index (χ2v) is 4.48. The van der Waals surface area contributed by atoms with Crippen LogP contribution in [0.2, 0.25) is 0 Å². The summed E-state index contributed by atoms with van der Waals surface area (Å²) < 4.78 is 1.99. The van der Waals surface area contributed by atoms with Crippen molar-refractivity contribution in [1.82, 2.24) is 14.8 Å².